The SMILES string of the molecule is COc1cccc2c(Cc3ccccc3)c[nH]c12. The molecule has 0 aliphatic rings. The molecule has 2 nitrogen and oxygen atoms in total. The third-order valence-corrected chi connectivity index (χ3v) is 3.22. The summed E-state index contributed by atoms with van der Waals surface area (Å²) in [7, 11) is 1.70. The van der Waals surface area contributed by atoms with E-state index in [1.807, 2.05) is 18.2 Å². The summed E-state index contributed by atoms with van der Waals surface area (Å²) < 4.78 is 5.36. The van der Waals surface area contributed by atoms with Crippen molar-refractivity contribution < 1.29 is 4.74 Å². The summed E-state index contributed by atoms with van der Waals surface area (Å²) in [6.45, 7) is 0. The summed E-state index contributed by atoms with van der Waals surface area (Å²) in [6.07, 6.45) is 3.01. The van der Waals surface area contributed by atoms with E-state index in [1.54, 1.807) is 7.11 Å². The van der Waals surface area contributed by atoms with E-state index in [-0.39, 0.29) is 0 Å². The van der Waals surface area contributed by atoms with Crippen molar-refractivity contribution in [1.82, 2.24) is 4.98 Å². The zero-order chi connectivity index (χ0) is 12.4. The second-order valence-electron chi connectivity index (χ2n) is 4.36. The Kier molecular flexibility index (Phi) is 2.77. The van der Waals surface area contributed by atoms with Crippen molar-refractivity contribution >= 4 is 10.9 Å². The summed E-state index contributed by atoms with van der Waals surface area (Å²) in [5.41, 5.74) is 3.70. The predicted octanol–water partition coefficient (Wildman–Crippen LogP) is 3.77. The van der Waals surface area contributed by atoms with Gasteiger partial charge in [0.25, 0.3) is 0 Å². The minimum absolute atomic E-state index is 0.895. The van der Waals surface area contributed by atoms with Crippen molar-refractivity contribution in [1.29, 1.82) is 0 Å². The molecule has 0 saturated heterocycles. The first-order valence-electron chi connectivity index (χ1n) is 6.05. The van der Waals surface area contributed by atoms with Crippen LogP contribution in [0.2, 0.25) is 0 Å². The Hall–Kier alpha value is -2.22. The number of aromatic nitrogens is 1. The van der Waals surface area contributed by atoms with Crippen LogP contribution in [0.1, 0.15) is 11.1 Å². The average Bonchev–Trinajstić information content (AvgIpc) is 2.83. The van der Waals surface area contributed by atoms with E-state index in [0.29, 0.717) is 0 Å². The molecule has 0 bridgehead atoms. The van der Waals surface area contributed by atoms with Gasteiger partial charge in [0.2, 0.25) is 0 Å². The van der Waals surface area contributed by atoms with Crippen molar-refractivity contribution in [3.05, 3.63) is 65.9 Å². The Labute approximate surface area is 106 Å². The Morgan fingerprint density at radius 3 is 2.61 bits per heavy atom. The number of para-hydroxylation sites is 1. The summed E-state index contributed by atoms with van der Waals surface area (Å²) in [5.74, 6) is 0.895. The van der Waals surface area contributed by atoms with Gasteiger partial charge in [-0.05, 0) is 23.6 Å². The molecule has 1 N–H and O–H groups in total. The fourth-order valence-electron chi connectivity index (χ4n) is 2.32. The molecule has 0 saturated carbocycles. The molecular weight excluding hydrogens is 222 g/mol. The fraction of sp³-hybridized carbons (Fsp3) is 0.125. The molecule has 2 aromatic carbocycles. The third kappa shape index (κ3) is 1.86. The van der Waals surface area contributed by atoms with Gasteiger partial charge in [-0.2, -0.15) is 0 Å². The lowest BCUT2D eigenvalue weighted by Crippen LogP contribution is -1.86. The van der Waals surface area contributed by atoms with E-state index in [4.69, 9.17) is 4.74 Å². The number of methoxy groups -OCH3 is 1. The average molecular weight is 237 g/mol. The Balaban J connectivity index is 2.03. The van der Waals surface area contributed by atoms with Crippen molar-refractivity contribution in [3.63, 3.8) is 0 Å². The number of benzene rings is 2. The van der Waals surface area contributed by atoms with Crippen LogP contribution in [0.3, 0.4) is 0 Å². The van der Waals surface area contributed by atoms with Crippen LogP contribution in [0.15, 0.2) is 54.7 Å². The first kappa shape index (κ1) is 10.9. The molecule has 0 spiro atoms. The van der Waals surface area contributed by atoms with Gasteiger partial charge in [0, 0.05) is 11.6 Å². The second-order valence-corrected chi connectivity index (χ2v) is 4.36. The molecule has 90 valence electrons. The van der Waals surface area contributed by atoms with Crippen LogP contribution in [-0.2, 0) is 6.42 Å². The Morgan fingerprint density at radius 2 is 1.83 bits per heavy atom. The van der Waals surface area contributed by atoms with E-state index in [9.17, 15) is 0 Å². The third-order valence-electron chi connectivity index (χ3n) is 3.22. The molecule has 0 radical (unpaired) electrons. The highest BCUT2D eigenvalue weighted by atomic mass is 16.5. The summed E-state index contributed by atoms with van der Waals surface area (Å²) in [4.78, 5) is 3.30. The molecule has 0 fully saturated rings. The van der Waals surface area contributed by atoms with Crippen LogP contribution in [0.4, 0.5) is 0 Å². The molecule has 2 heteroatoms. The Morgan fingerprint density at radius 1 is 1.00 bits per heavy atom. The first-order chi connectivity index (χ1) is 8.88. The predicted molar refractivity (Wildman–Crippen MR) is 74.1 cm³/mol. The highest BCUT2D eigenvalue weighted by Gasteiger charge is 2.07. The standard InChI is InChI=1S/C16H15NO/c1-18-15-9-5-8-14-13(11-17-16(14)15)10-12-6-3-2-4-7-12/h2-9,11,17H,10H2,1H3. The van der Waals surface area contributed by atoms with Crippen molar-refractivity contribution in [2.75, 3.05) is 7.11 Å². The highest BCUT2D eigenvalue weighted by Crippen LogP contribution is 2.28. The number of aromatic amines is 1. The van der Waals surface area contributed by atoms with Crippen LogP contribution in [0, 0.1) is 0 Å². The number of rotatable bonds is 3. The maximum atomic E-state index is 5.36. The molecule has 0 aliphatic carbocycles. The first-order valence-corrected chi connectivity index (χ1v) is 6.05. The summed E-state index contributed by atoms with van der Waals surface area (Å²) in [6, 6.07) is 16.6. The number of nitrogens with one attached hydrogen (secondary N) is 1. The van der Waals surface area contributed by atoms with Crippen LogP contribution in [0.5, 0.6) is 5.75 Å². The van der Waals surface area contributed by atoms with Crippen LogP contribution >= 0.6 is 0 Å². The molecule has 3 rings (SSSR count). The van der Waals surface area contributed by atoms with E-state index in [0.717, 1.165) is 17.7 Å². The topological polar surface area (TPSA) is 25.0 Å². The van der Waals surface area contributed by atoms with Gasteiger partial charge < -0.3 is 9.72 Å². The molecule has 1 heterocycles. The lowest BCUT2D eigenvalue weighted by Gasteiger charge is -2.02. The second kappa shape index (κ2) is 4.57. The zero-order valence-corrected chi connectivity index (χ0v) is 10.3. The number of ether oxygens (including phenoxy) is 1. The van der Waals surface area contributed by atoms with E-state index in [2.05, 4.69) is 41.5 Å². The summed E-state index contributed by atoms with van der Waals surface area (Å²) in [5, 5.41) is 1.23. The number of H-pyrrole nitrogens is 1. The van der Waals surface area contributed by atoms with Crippen molar-refractivity contribution in [3.8, 4) is 5.75 Å². The monoisotopic (exact) mass is 237 g/mol. The highest BCUT2D eigenvalue weighted by molar-refractivity contribution is 5.88. The smallest absolute Gasteiger partial charge is 0.142 e. The number of hydrogen-bond donors (Lipinski definition) is 1. The zero-order valence-electron chi connectivity index (χ0n) is 10.3. The molecule has 0 amide bonds. The van der Waals surface area contributed by atoms with Crippen LogP contribution in [-0.4, -0.2) is 12.1 Å². The lowest BCUT2D eigenvalue weighted by molar-refractivity contribution is 0.419. The molecule has 18 heavy (non-hydrogen) atoms. The number of fused-ring (bicyclic) bond motifs is 1. The molecule has 1 aromatic heterocycles. The fourth-order valence-corrected chi connectivity index (χ4v) is 2.32. The van der Waals surface area contributed by atoms with Gasteiger partial charge in [0.1, 0.15) is 5.75 Å². The molecule has 0 aliphatic heterocycles. The molecule has 0 atom stereocenters. The minimum Gasteiger partial charge on any atom is -0.495 e. The van der Waals surface area contributed by atoms with Gasteiger partial charge in [0.15, 0.2) is 0 Å². The van der Waals surface area contributed by atoms with Gasteiger partial charge in [0.05, 0.1) is 12.6 Å². The maximum absolute atomic E-state index is 5.36. The minimum atomic E-state index is 0.895. The van der Waals surface area contributed by atoms with Gasteiger partial charge in [-0.3, -0.25) is 0 Å². The van der Waals surface area contributed by atoms with Gasteiger partial charge >= 0.3 is 0 Å². The largest absolute Gasteiger partial charge is 0.495 e. The van der Waals surface area contributed by atoms with Crippen LogP contribution in [0.25, 0.3) is 10.9 Å². The van der Waals surface area contributed by atoms with Crippen LogP contribution < -0.4 is 4.74 Å². The van der Waals surface area contributed by atoms with Crippen molar-refractivity contribution in [2.45, 2.75) is 6.42 Å². The van der Waals surface area contributed by atoms with E-state index < -0.39 is 0 Å². The number of hydrogen-bond acceptors (Lipinski definition) is 1. The van der Waals surface area contributed by atoms with Gasteiger partial charge in [-0.1, -0.05) is 42.5 Å². The molecule has 3 aromatic rings. The van der Waals surface area contributed by atoms with E-state index in [1.165, 1.54) is 16.5 Å². The van der Waals surface area contributed by atoms with Crippen molar-refractivity contribution in [2.24, 2.45) is 0 Å². The molecule has 0 unspecified atom stereocenters. The summed E-state index contributed by atoms with van der Waals surface area (Å²) >= 11 is 0. The molecular formula is C16H15NO. The maximum Gasteiger partial charge on any atom is 0.142 e. The van der Waals surface area contributed by atoms with E-state index >= 15 is 0 Å². The normalized spacial score (nSPS) is 10.7. The quantitative estimate of drug-likeness (QED) is 0.737. The van der Waals surface area contributed by atoms with Gasteiger partial charge in [-0.25, -0.2) is 0 Å². The lowest BCUT2D eigenvalue weighted by atomic mass is 10.0. The van der Waals surface area contributed by atoms with Gasteiger partial charge in [-0.15, -0.1) is 0 Å². The Bertz CT molecular complexity index is 655.